The van der Waals surface area contributed by atoms with E-state index in [9.17, 15) is 4.79 Å². The maximum absolute atomic E-state index is 10.8. The molecule has 0 aromatic carbocycles. The van der Waals surface area contributed by atoms with Crippen LogP contribution in [0.3, 0.4) is 0 Å². The Morgan fingerprint density at radius 1 is 1.56 bits per heavy atom. The molecule has 1 N–H and O–H groups in total. The standard InChI is InChI=1S/C11H14N4O2S/c1-7(11(16)17)5-6-15-10(12-13-14-15)9-4-3-8(2)18-9/h3-4,7H,5-6H2,1-2H3,(H,16,17). The highest BCUT2D eigenvalue weighted by Gasteiger charge is 2.14. The maximum Gasteiger partial charge on any atom is 0.306 e. The molecule has 0 radical (unpaired) electrons. The topological polar surface area (TPSA) is 80.9 Å². The van der Waals surface area contributed by atoms with E-state index in [0.29, 0.717) is 18.8 Å². The summed E-state index contributed by atoms with van der Waals surface area (Å²) in [6, 6.07) is 3.99. The highest BCUT2D eigenvalue weighted by atomic mass is 32.1. The minimum Gasteiger partial charge on any atom is -0.481 e. The lowest BCUT2D eigenvalue weighted by Gasteiger charge is -2.06. The Bertz CT molecular complexity index is 549. The summed E-state index contributed by atoms with van der Waals surface area (Å²) >= 11 is 1.62. The molecule has 0 aliphatic heterocycles. The van der Waals surface area contributed by atoms with Gasteiger partial charge in [-0.2, -0.15) is 0 Å². The molecule has 96 valence electrons. The molecule has 0 amide bonds. The van der Waals surface area contributed by atoms with E-state index >= 15 is 0 Å². The predicted octanol–water partition coefficient (Wildman–Crippen LogP) is 1.82. The fraction of sp³-hybridized carbons (Fsp3) is 0.455. The molecule has 0 aliphatic carbocycles. The third-order valence-electron chi connectivity index (χ3n) is 2.69. The largest absolute Gasteiger partial charge is 0.481 e. The van der Waals surface area contributed by atoms with Gasteiger partial charge in [0, 0.05) is 11.4 Å². The number of nitrogens with zero attached hydrogens (tertiary/aromatic N) is 4. The van der Waals surface area contributed by atoms with Crippen LogP contribution in [-0.2, 0) is 11.3 Å². The van der Waals surface area contributed by atoms with Gasteiger partial charge < -0.3 is 5.11 Å². The third-order valence-corrected chi connectivity index (χ3v) is 3.68. The minimum atomic E-state index is -0.795. The second-order valence-corrected chi connectivity index (χ2v) is 5.45. The molecule has 0 saturated heterocycles. The van der Waals surface area contributed by atoms with E-state index in [-0.39, 0.29) is 0 Å². The minimum absolute atomic E-state index is 0.396. The predicted molar refractivity (Wildman–Crippen MR) is 67.3 cm³/mol. The van der Waals surface area contributed by atoms with Crippen molar-refractivity contribution in [2.75, 3.05) is 0 Å². The number of carboxylic acid groups (broad SMARTS) is 1. The van der Waals surface area contributed by atoms with Gasteiger partial charge in [0.1, 0.15) is 0 Å². The van der Waals surface area contributed by atoms with Gasteiger partial charge in [-0.05, 0) is 35.9 Å². The van der Waals surface area contributed by atoms with Gasteiger partial charge >= 0.3 is 5.97 Å². The van der Waals surface area contributed by atoms with Gasteiger partial charge in [-0.15, -0.1) is 16.4 Å². The zero-order valence-corrected chi connectivity index (χ0v) is 11.0. The number of carbonyl (C=O) groups is 1. The van der Waals surface area contributed by atoms with Crippen molar-refractivity contribution in [3.8, 4) is 10.7 Å². The van der Waals surface area contributed by atoms with Gasteiger partial charge in [-0.1, -0.05) is 6.92 Å². The molecule has 2 aromatic rings. The Labute approximate surface area is 108 Å². The van der Waals surface area contributed by atoms with Gasteiger partial charge in [0.2, 0.25) is 0 Å². The molecular weight excluding hydrogens is 252 g/mol. The summed E-state index contributed by atoms with van der Waals surface area (Å²) in [6.07, 6.45) is 0.512. The zero-order valence-electron chi connectivity index (χ0n) is 10.2. The summed E-state index contributed by atoms with van der Waals surface area (Å²) in [5, 5.41) is 20.4. The molecular formula is C11H14N4O2S. The van der Waals surface area contributed by atoms with E-state index in [1.165, 1.54) is 4.88 Å². The first-order valence-electron chi connectivity index (χ1n) is 5.63. The van der Waals surface area contributed by atoms with Crippen molar-refractivity contribution in [2.24, 2.45) is 5.92 Å². The number of hydrogen-bond acceptors (Lipinski definition) is 5. The molecule has 0 spiro atoms. The van der Waals surface area contributed by atoms with Gasteiger partial charge in [-0.3, -0.25) is 4.79 Å². The Morgan fingerprint density at radius 3 is 2.94 bits per heavy atom. The van der Waals surface area contributed by atoms with Crippen molar-refractivity contribution in [3.05, 3.63) is 17.0 Å². The van der Waals surface area contributed by atoms with Crippen LogP contribution >= 0.6 is 11.3 Å². The molecule has 1 atom stereocenters. The van der Waals surface area contributed by atoms with Crippen LogP contribution in [-0.4, -0.2) is 31.3 Å². The number of tetrazole rings is 1. The summed E-state index contributed by atoms with van der Waals surface area (Å²) in [5.41, 5.74) is 0. The Morgan fingerprint density at radius 2 is 2.33 bits per heavy atom. The van der Waals surface area contributed by atoms with Gasteiger partial charge in [0.25, 0.3) is 0 Å². The first kappa shape index (κ1) is 12.7. The number of aryl methyl sites for hydroxylation is 2. The van der Waals surface area contributed by atoms with Crippen molar-refractivity contribution < 1.29 is 9.90 Å². The van der Waals surface area contributed by atoms with Crippen LogP contribution in [0.4, 0.5) is 0 Å². The Kier molecular flexibility index (Phi) is 3.71. The van der Waals surface area contributed by atoms with E-state index in [0.717, 1.165) is 4.88 Å². The molecule has 0 bridgehead atoms. The Hall–Kier alpha value is -1.76. The summed E-state index contributed by atoms with van der Waals surface area (Å²) < 4.78 is 1.66. The molecule has 7 heteroatoms. The first-order valence-corrected chi connectivity index (χ1v) is 6.45. The smallest absolute Gasteiger partial charge is 0.306 e. The van der Waals surface area contributed by atoms with Crippen LogP contribution in [0, 0.1) is 12.8 Å². The van der Waals surface area contributed by atoms with Crippen LogP contribution < -0.4 is 0 Å². The number of hydrogen-bond donors (Lipinski definition) is 1. The number of aromatic nitrogens is 4. The van der Waals surface area contributed by atoms with Crippen molar-refractivity contribution in [1.29, 1.82) is 0 Å². The first-order chi connectivity index (χ1) is 8.58. The number of carboxylic acids is 1. The summed E-state index contributed by atoms with van der Waals surface area (Å²) in [6.45, 7) is 4.21. The lowest BCUT2D eigenvalue weighted by atomic mass is 10.1. The molecule has 2 rings (SSSR count). The fourth-order valence-electron chi connectivity index (χ4n) is 1.53. The van der Waals surface area contributed by atoms with Crippen LogP contribution in [0.15, 0.2) is 12.1 Å². The second kappa shape index (κ2) is 5.26. The van der Waals surface area contributed by atoms with E-state index in [1.54, 1.807) is 22.9 Å². The van der Waals surface area contributed by atoms with Crippen LogP contribution in [0.5, 0.6) is 0 Å². The molecule has 0 saturated carbocycles. The van der Waals surface area contributed by atoms with E-state index < -0.39 is 11.9 Å². The molecule has 6 nitrogen and oxygen atoms in total. The van der Waals surface area contributed by atoms with Crippen LogP contribution in [0.25, 0.3) is 10.7 Å². The maximum atomic E-state index is 10.8. The number of aliphatic carboxylic acids is 1. The summed E-state index contributed by atoms with van der Waals surface area (Å²) in [5.74, 6) is -0.491. The number of thiophene rings is 1. The molecule has 18 heavy (non-hydrogen) atoms. The molecule has 1 unspecified atom stereocenters. The molecule has 2 aromatic heterocycles. The highest BCUT2D eigenvalue weighted by Crippen LogP contribution is 2.25. The molecule has 0 fully saturated rings. The van der Waals surface area contributed by atoms with Gasteiger partial charge in [0.05, 0.1) is 10.8 Å². The van der Waals surface area contributed by atoms with Crippen molar-refractivity contribution in [2.45, 2.75) is 26.8 Å². The van der Waals surface area contributed by atoms with E-state index in [1.807, 2.05) is 19.1 Å². The lowest BCUT2D eigenvalue weighted by Crippen LogP contribution is -2.13. The van der Waals surface area contributed by atoms with Crippen LogP contribution in [0.2, 0.25) is 0 Å². The summed E-state index contributed by atoms with van der Waals surface area (Å²) in [4.78, 5) is 13.0. The average Bonchev–Trinajstić information content (AvgIpc) is 2.93. The average molecular weight is 266 g/mol. The molecule has 0 aliphatic rings. The third kappa shape index (κ3) is 2.73. The van der Waals surface area contributed by atoms with Crippen molar-refractivity contribution in [3.63, 3.8) is 0 Å². The number of rotatable bonds is 5. The van der Waals surface area contributed by atoms with Crippen molar-refractivity contribution in [1.82, 2.24) is 20.2 Å². The van der Waals surface area contributed by atoms with E-state index in [4.69, 9.17) is 5.11 Å². The highest BCUT2D eigenvalue weighted by molar-refractivity contribution is 7.15. The monoisotopic (exact) mass is 266 g/mol. The SMILES string of the molecule is Cc1ccc(-c2nnnn2CCC(C)C(=O)O)s1. The second-order valence-electron chi connectivity index (χ2n) is 4.16. The van der Waals surface area contributed by atoms with Gasteiger partial charge in [0.15, 0.2) is 5.82 Å². The zero-order chi connectivity index (χ0) is 13.1. The Balaban J connectivity index is 2.11. The quantitative estimate of drug-likeness (QED) is 0.892. The van der Waals surface area contributed by atoms with E-state index in [2.05, 4.69) is 15.5 Å². The van der Waals surface area contributed by atoms with Gasteiger partial charge in [-0.25, -0.2) is 4.68 Å². The molecule has 2 heterocycles. The lowest BCUT2D eigenvalue weighted by molar-refractivity contribution is -0.141. The fourth-order valence-corrected chi connectivity index (χ4v) is 2.38. The summed E-state index contributed by atoms with van der Waals surface area (Å²) in [7, 11) is 0. The van der Waals surface area contributed by atoms with Crippen LogP contribution in [0.1, 0.15) is 18.2 Å². The van der Waals surface area contributed by atoms with Crippen molar-refractivity contribution >= 4 is 17.3 Å². The normalized spacial score (nSPS) is 12.6.